The lowest BCUT2D eigenvalue weighted by Gasteiger charge is -2.36. The average molecular weight is 347 g/mol. The van der Waals surface area contributed by atoms with Crippen LogP contribution in [0.1, 0.15) is 11.1 Å². The molecule has 0 saturated heterocycles. The van der Waals surface area contributed by atoms with E-state index in [1.807, 2.05) is 11.0 Å². The van der Waals surface area contributed by atoms with Crippen molar-refractivity contribution in [3.05, 3.63) is 66.5 Å². The highest BCUT2D eigenvalue weighted by atomic mass is 19.4. The van der Waals surface area contributed by atoms with E-state index in [1.165, 1.54) is 18.2 Å². The number of hydrogen-bond acceptors (Lipinski definition) is 3. The maximum Gasteiger partial charge on any atom is 0.416 e. The molecule has 7 heteroatoms. The van der Waals surface area contributed by atoms with Gasteiger partial charge in [0.1, 0.15) is 0 Å². The fraction of sp³-hybridized carbons (Fsp3) is 0.222. The molecule has 0 saturated carbocycles. The van der Waals surface area contributed by atoms with E-state index in [9.17, 15) is 18.0 Å². The van der Waals surface area contributed by atoms with Gasteiger partial charge in [-0.05, 0) is 48.4 Å². The van der Waals surface area contributed by atoms with Gasteiger partial charge in [0.05, 0.1) is 11.6 Å². The minimum Gasteiger partial charge on any atom is -0.348 e. The van der Waals surface area contributed by atoms with Crippen LogP contribution in [0.5, 0.6) is 0 Å². The van der Waals surface area contributed by atoms with E-state index in [0.29, 0.717) is 18.7 Å². The van der Waals surface area contributed by atoms with Crippen LogP contribution in [0.2, 0.25) is 0 Å². The second kappa shape index (κ2) is 6.58. The first-order chi connectivity index (χ1) is 11.9. The Hall–Kier alpha value is -2.83. The molecular weight excluding hydrogens is 331 g/mol. The van der Waals surface area contributed by atoms with E-state index in [0.717, 1.165) is 23.4 Å². The zero-order valence-electron chi connectivity index (χ0n) is 13.3. The van der Waals surface area contributed by atoms with Crippen molar-refractivity contribution < 1.29 is 18.0 Å². The number of alkyl halides is 3. The fourth-order valence-electron chi connectivity index (χ4n) is 2.92. The summed E-state index contributed by atoms with van der Waals surface area (Å²) in [6.45, 7) is 3.88. The second-order valence-corrected chi connectivity index (χ2v) is 5.77. The monoisotopic (exact) mass is 347 g/mol. The molecule has 130 valence electrons. The molecule has 1 aromatic heterocycles. The summed E-state index contributed by atoms with van der Waals surface area (Å²) in [6, 6.07) is 6.61. The predicted molar refractivity (Wildman–Crippen MR) is 88.5 cm³/mol. The molecule has 0 spiro atoms. The first kappa shape index (κ1) is 17.0. The van der Waals surface area contributed by atoms with Crippen molar-refractivity contribution in [2.45, 2.75) is 18.6 Å². The molecule has 0 bridgehead atoms. The lowest BCUT2D eigenvalue weighted by Crippen LogP contribution is -2.46. The molecule has 4 nitrogen and oxygen atoms in total. The number of pyridine rings is 1. The summed E-state index contributed by atoms with van der Waals surface area (Å²) in [5.74, 6) is -0.287. The van der Waals surface area contributed by atoms with E-state index in [2.05, 4.69) is 16.9 Å². The van der Waals surface area contributed by atoms with Gasteiger partial charge in [0, 0.05) is 30.3 Å². The summed E-state index contributed by atoms with van der Waals surface area (Å²) in [6.07, 6.45) is 0.765. The maximum atomic E-state index is 12.8. The van der Waals surface area contributed by atoms with Gasteiger partial charge in [-0.25, -0.2) is 0 Å². The van der Waals surface area contributed by atoms with Crippen molar-refractivity contribution in [2.75, 3.05) is 11.4 Å². The summed E-state index contributed by atoms with van der Waals surface area (Å²) in [4.78, 5) is 17.6. The second-order valence-electron chi connectivity index (χ2n) is 5.77. The van der Waals surface area contributed by atoms with Crippen molar-refractivity contribution in [1.82, 2.24) is 10.3 Å². The lowest BCUT2D eigenvalue weighted by molar-refractivity contribution is -0.137. The number of halogens is 3. The Morgan fingerprint density at radius 1 is 1.28 bits per heavy atom. The first-order valence-corrected chi connectivity index (χ1v) is 7.69. The van der Waals surface area contributed by atoms with Crippen LogP contribution in [-0.2, 0) is 17.4 Å². The van der Waals surface area contributed by atoms with E-state index < -0.39 is 11.7 Å². The molecule has 1 unspecified atom stereocenters. The Morgan fingerprint density at radius 3 is 2.64 bits per heavy atom. The topological polar surface area (TPSA) is 45.2 Å². The fourth-order valence-corrected chi connectivity index (χ4v) is 2.92. The molecule has 2 heterocycles. The number of carbonyl (C=O) groups is 1. The molecule has 1 aliphatic rings. The van der Waals surface area contributed by atoms with Crippen molar-refractivity contribution in [3.63, 3.8) is 0 Å². The SMILES string of the molecule is C=CC(=O)NC1Cc2cnccc2N(c2ccc(C(F)(F)F)cc2)C1. The lowest BCUT2D eigenvalue weighted by atomic mass is 9.98. The van der Waals surface area contributed by atoms with Crippen molar-refractivity contribution in [2.24, 2.45) is 0 Å². The molecule has 2 aromatic rings. The number of benzene rings is 1. The Kier molecular flexibility index (Phi) is 4.48. The number of hydrogen-bond donors (Lipinski definition) is 1. The number of fused-ring (bicyclic) bond motifs is 1. The Labute approximate surface area is 143 Å². The van der Waals surface area contributed by atoms with Gasteiger partial charge in [0.25, 0.3) is 0 Å². The molecule has 1 N–H and O–H groups in total. The zero-order chi connectivity index (χ0) is 18.0. The van der Waals surface area contributed by atoms with Gasteiger partial charge < -0.3 is 10.2 Å². The molecule has 0 aliphatic carbocycles. The summed E-state index contributed by atoms with van der Waals surface area (Å²) < 4.78 is 38.3. The van der Waals surface area contributed by atoms with Crippen LogP contribution < -0.4 is 10.2 Å². The van der Waals surface area contributed by atoms with Gasteiger partial charge in [0.15, 0.2) is 0 Å². The minimum absolute atomic E-state index is 0.190. The third kappa shape index (κ3) is 3.65. The quantitative estimate of drug-likeness (QED) is 0.865. The summed E-state index contributed by atoms with van der Waals surface area (Å²) in [5.41, 5.74) is 1.72. The molecular formula is C18H16F3N3O. The average Bonchev–Trinajstić information content (AvgIpc) is 2.60. The smallest absolute Gasteiger partial charge is 0.348 e. The van der Waals surface area contributed by atoms with Crippen molar-refractivity contribution in [1.29, 1.82) is 0 Å². The third-order valence-electron chi connectivity index (χ3n) is 4.08. The van der Waals surface area contributed by atoms with Gasteiger partial charge in [0.2, 0.25) is 5.91 Å². The normalized spacial score (nSPS) is 16.9. The third-order valence-corrected chi connectivity index (χ3v) is 4.08. The highest BCUT2D eigenvalue weighted by Crippen LogP contribution is 2.35. The van der Waals surface area contributed by atoms with E-state index in [4.69, 9.17) is 0 Å². The van der Waals surface area contributed by atoms with Gasteiger partial charge >= 0.3 is 6.18 Å². The van der Waals surface area contributed by atoms with Gasteiger partial charge in [-0.1, -0.05) is 6.58 Å². The number of rotatable bonds is 3. The number of nitrogens with one attached hydrogen (secondary N) is 1. The highest BCUT2D eigenvalue weighted by Gasteiger charge is 2.31. The molecule has 1 amide bonds. The van der Waals surface area contributed by atoms with Crippen molar-refractivity contribution >= 4 is 17.3 Å². The molecule has 3 rings (SSSR count). The molecule has 0 fully saturated rings. The molecule has 0 radical (unpaired) electrons. The van der Waals surface area contributed by atoms with Crippen LogP contribution in [-0.4, -0.2) is 23.5 Å². The summed E-state index contributed by atoms with van der Waals surface area (Å²) >= 11 is 0. The van der Waals surface area contributed by atoms with E-state index in [-0.39, 0.29) is 11.9 Å². The van der Waals surface area contributed by atoms with Crippen molar-refractivity contribution in [3.8, 4) is 0 Å². The first-order valence-electron chi connectivity index (χ1n) is 7.69. The predicted octanol–water partition coefficient (Wildman–Crippen LogP) is 3.47. The number of carbonyl (C=O) groups excluding carboxylic acids is 1. The van der Waals surface area contributed by atoms with Crippen LogP contribution in [0.3, 0.4) is 0 Å². The van der Waals surface area contributed by atoms with Gasteiger partial charge in [-0.3, -0.25) is 9.78 Å². The van der Waals surface area contributed by atoms with E-state index in [1.54, 1.807) is 12.4 Å². The van der Waals surface area contributed by atoms with Gasteiger partial charge in [-0.15, -0.1) is 0 Å². The summed E-state index contributed by atoms with van der Waals surface area (Å²) in [5, 5.41) is 2.84. The highest BCUT2D eigenvalue weighted by molar-refractivity contribution is 5.87. The van der Waals surface area contributed by atoms with Gasteiger partial charge in [-0.2, -0.15) is 13.2 Å². The van der Waals surface area contributed by atoms with Crippen LogP contribution >= 0.6 is 0 Å². The molecule has 1 aromatic carbocycles. The Morgan fingerprint density at radius 2 is 2.00 bits per heavy atom. The zero-order valence-corrected chi connectivity index (χ0v) is 13.3. The van der Waals surface area contributed by atoms with E-state index >= 15 is 0 Å². The number of anilines is 2. The van der Waals surface area contributed by atoms with Crippen LogP contribution in [0.4, 0.5) is 24.5 Å². The number of aromatic nitrogens is 1. The van der Waals surface area contributed by atoms with Crippen LogP contribution in [0, 0.1) is 0 Å². The largest absolute Gasteiger partial charge is 0.416 e. The molecule has 1 aliphatic heterocycles. The molecule has 1 atom stereocenters. The van der Waals surface area contributed by atoms with Crippen LogP contribution in [0.25, 0.3) is 0 Å². The Bertz CT molecular complexity index is 787. The minimum atomic E-state index is -4.37. The van der Waals surface area contributed by atoms with Crippen LogP contribution in [0.15, 0.2) is 55.4 Å². The number of nitrogens with zero attached hydrogens (tertiary/aromatic N) is 2. The Balaban J connectivity index is 1.93. The standard InChI is InChI=1S/C18H16F3N3O/c1-2-17(25)23-14-9-12-10-22-8-7-16(12)24(11-14)15-5-3-13(4-6-15)18(19,20)21/h2-8,10,14H,1,9,11H2,(H,23,25). The summed E-state index contributed by atoms with van der Waals surface area (Å²) in [7, 11) is 0. The number of amides is 1. The molecule has 25 heavy (non-hydrogen) atoms. The maximum absolute atomic E-state index is 12.8.